The van der Waals surface area contributed by atoms with Gasteiger partial charge in [0, 0.05) is 24.2 Å². The third-order valence-corrected chi connectivity index (χ3v) is 5.07. The highest BCUT2D eigenvalue weighted by molar-refractivity contribution is 5.41. The Morgan fingerprint density at radius 1 is 1.12 bits per heavy atom. The minimum Gasteiger partial charge on any atom is -0.496 e. The predicted molar refractivity (Wildman–Crippen MR) is 99.5 cm³/mol. The summed E-state index contributed by atoms with van der Waals surface area (Å²) in [5.74, 6) is 0.977. The van der Waals surface area contributed by atoms with Gasteiger partial charge < -0.3 is 15.4 Å². The number of ether oxygens (including phenoxy) is 1. The molecule has 2 aromatic carbocycles. The van der Waals surface area contributed by atoms with E-state index in [0.29, 0.717) is 12.1 Å². The van der Waals surface area contributed by atoms with E-state index in [2.05, 4.69) is 66.9 Å². The Balaban J connectivity index is 1.74. The highest BCUT2D eigenvalue weighted by Gasteiger charge is 2.25. The number of piperidine rings is 1. The molecule has 2 atom stereocenters. The van der Waals surface area contributed by atoms with Gasteiger partial charge in [-0.25, -0.2) is 0 Å². The first-order valence-corrected chi connectivity index (χ1v) is 8.85. The van der Waals surface area contributed by atoms with Crippen molar-refractivity contribution >= 4 is 0 Å². The minimum atomic E-state index is 0.373. The molecule has 128 valence electrons. The van der Waals surface area contributed by atoms with Crippen molar-refractivity contribution in [3.05, 3.63) is 64.7 Å². The Kier molecular flexibility index (Phi) is 5.54. The molecule has 24 heavy (non-hydrogen) atoms. The van der Waals surface area contributed by atoms with E-state index in [0.717, 1.165) is 18.8 Å². The summed E-state index contributed by atoms with van der Waals surface area (Å²) in [4.78, 5) is 0. The van der Waals surface area contributed by atoms with Crippen molar-refractivity contribution in [1.29, 1.82) is 0 Å². The van der Waals surface area contributed by atoms with Crippen LogP contribution in [0.2, 0.25) is 0 Å². The predicted octanol–water partition coefficient (Wildman–Crippen LogP) is 3.89. The van der Waals surface area contributed by atoms with E-state index in [-0.39, 0.29) is 0 Å². The van der Waals surface area contributed by atoms with E-state index < -0.39 is 0 Å². The molecule has 0 aliphatic carbocycles. The lowest BCUT2D eigenvalue weighted by Gasteiger charge is -2.34. The zero-order chi connectivity index (χ0) is 16.9. The fourth-order valence-electron chi connectivity index (χ4n) is 3.54. The van der Waals surface area contributed by atoms with Gasteiger partial charge in [-0.15, -0.1) is 0 Å². The molecule has 2 aromatic rings. The standard InChI is InChI=1S/C21H28N2O/c1-15-12-18(20(24-3)13-16(15)2)14-23-19-10-7-11-22-21(19)17-8-5-4-6-9-17/h4-6,8-9,12-13,19,21-23H,7,10-11,14H2,1-3H3/t19-,21-/m0/s1. The van der Waals surface area contributed by atoms with Crippen molar-refractivity contribution in [1.82, 2.24) is 10.6 Å². The molecule has 0 saturated carbocycles. The van der Waals surface area contributed by atoms with Crippen LogP contribution in [0.1, 0.15) is 41.1 Å². The summed E-state index contributed by atoms with van der Waals surface area (Å²) in [6.45, 7) is 6.21. The maximum absolute atomic E-state index is 5.58. The van der Waals surface area contributed by atoms with E-state index in [9.17, 15) is 0 Å². The fourth-order valence-corrected chi connectivity index (χ4v) is 3.54. The average molecular weight is 324 g/mol. The van der Waals surface area contributed by atoms with Crippen molar-refractivity contribution in [2.45, 2.75) is 45.3 Å². The van der Waals surface area contributed by atoms with Gasteiger partial charge in [0.2, 0.25) is 0 Å². The molecule has 0 bridgehead atoms. The normalized spacial score (nSPS) is 20.8. The molecule has 1 heterocycles. The molecule has 2 N–H and O–H groups in total. The van der Waals surface area contributed by atoms with E-state index >= 15 is 0 Å². The highest BCUT2D eigenvalue weighted by atomic mass is 16.5. The topological polar surface area (TPSA) is 33.3 Å². The smallest absolute Gasteiger partial charge is 0.123 e. The summed E-state index contributed by atoms with van der Waals surface area (Å²) in [5.41, 5.74) is 5.19. The summed E-state index contributed by atoms with van der Waals surface area (Å²) in [5, 5.41) is 7.44. The molecule has 0 radical (unpaired) electrons. The average Bonchev–Trinajstić information content (AvgIpc) is 2.63. The summed E-state index contributed by atoms with van der Waals surface area (Å²) in [7, 11) is 1.75. The molecule has 1 aliphatic rings. The molecular formula is C21H28N2O. The second kappa shape index (κ2) is 7.82. The first kappa shape index (κ1) is 17.0. The molecule has 0 aromatic heterocycles. The van der Waals surface area contributed by atoms with Crippen LogP contribution in [0.4, 0.5) is 0 Å². The molecule has 1 aliphatic heterocycles. The molecular weight excluding hydrogens is 296 g/mol. The van der Waals surface area contributed by atoms with Gasteiger partial charge in [0.15, 0.2) is 0 Å². The van der Waals surface area contributed by atoms with E-state index in [4.69, 9.17) is 4.74 Å². The van der Waals surface area contributed by atoms with Gasteiger partial charge in [0.05, 0.1) is 7.11 Å². The van der Waals surface area contributed by atoms with E-state index in [1.807, 2.05) is 0 Å². The molecule has 0 spiro atoms. The molecule has 1 fully saturated rings. The second-order valence-electron chi connectivity index (χ2n) is 6.72. The lowest BCUT2D eigenvalue weighted by molar-refractivity contribution is 0.303. The Bertz CT molecular complexity index is 669. The SMILES string of the molecule is COc1cc(C)c(C)cc1CN[C@H]1CCCN[C@H]1c1ccccc1. The minimum absolute atomic E-state index is 0.373. The number of benzene rings is 2. The van der Waals surface area contributed by atoms with Crippen molar-refractivity contribution in [2.75, 3.05) is 13.7 Å². The highest BCUT2D eigenvalue weighted by Crippen LogP contribution is 2.26. The molecule has 3 nitrogen and oxygen atoms in total. The fraction of sp³-hybridized carbons (Fsp3) is 0.429. The van der Waals surface area contributed by atoms with Crippen molar-refractivity contribution in [3.63, 3.8) is 0 Å². The van der Waals surface area contributed by atoms with Crippen LogP contribution in [-0.4, -0.2) is 19.7 Å². The third-order valence-electron chi connectivity index (χ3n) is 5.07. The lowest BCUT2D eigenvalue weighted by Crippen LogP contribution is -2.45. The molecule has 0 unspecified atom stereocenters. The van der Waals surface area contributed by atoms with Crippen molar-refractivity contribution in [3.8, 4) is 5.75 Å². The quantitative estimate of drug-likeness (QED) is 0.875. The van der Waals surface area contributed by atoms with Crippen LogP contribution in [0.25, 0.3) is 0 Å². The Morgan fingerprint density at radius 2 is 1.88 bits per heavy atom. The molecule has 3 rings (SSSR count). The summed E-state index contributed by atoms with van der Waals surface area (Å²) >= 11 is 0. The van der Waals surface area contributed by atoms with Crippen LogP contribution in [0.3, 0.4) is 0 Å². The third kappa shape index (κ3) is 3.80. The van der Waals surface area contributed by atoms with E-state index in [1.54, 1.807) is 7.11 Å². The molecule has 0 amide bonds. The number of hydrogen-bond donors (Lipinski definition) is 2. The number of nitrogens with one attached hydrogen (secondary N) is 2. The Hall–Kier alpha value is -1.84. The van der Waals surface area contributed by atoms with Crippen LogP contribution in [0.5, 0.6) is 5.75 Å². The van der Waals surface area contributed by atoms with Crippen LogP contribution < -0.4 is 15.4 Å². The molecule has 1 saturated heterocycles. The van der Waals surface area contributed by atoms with Crippen LogP contribution in [0, 0.1) is 13.8 Å². The van der Waals surface area contributed by atoms with Gasteiger partial charge in [0.25, 0.3) is 0 Å². The van der Waals surface area contributed by atoms with Gasteiger partial charge in [-0.3, -0.25) is 0 Å². The zero-order valence-electron chi connectivity index (χ0n) is 14.9. The monoisotopic (exact) mass is 324 g/mol. The number of hydrogen-bond acceptors (Lipinski definition) is 3. The zero-order valence-corrected chi connectivity index (χ0v) is 14.9. The maximum Gasteiger partial charge on any atom is 0.123 e. The first-order valence-electron chi connectivity index (χ1n) is 8.85. The van der Waals surface area contributed by atoms with Gasteiger partial charge >= 0.3 is 0 Å². The lowest BCUT2D eigenvalue weighted by atomic mass is 9.92. The van der Waals surface area contributed by atoms with E-state index in [1.165, 1.54) is 35.1 Å². The second-order valence-corrected chi connectivity index (χ2v) is 6.72. The largest absolute Gasteiger partial charge is 0.496 e. The van der Waals surface area contributed by atoms with Crippen LogP contribution in [0.15, 0.2) is 42.5 Å². The van der Waals surface area contributed by atoms with Gasteiger partial charge in [-0.1, -0.05) is 36.4 Å². The summed E-state index contributed by atoms with van der Waals surface area (Å²) in [6, 6.07) is 15.9. The number of aryl methyl sites for hydroxylation is 2. The maximum atomic E-state index is 5.58. The van der Waals surface area contributed by atoms with Crippen molar-refractivity contribution in [2.24, 2.45) is 0 Å². The van der Waals surface area contributed by atoms with Gasteiger partial charge in [0.1, 0.15) is 5.75 Å². The van der Waals surface area contributed by atoms with Crippen molar-refractivity contribution < 1.29 is 4.74 Å². The Morgan fingerprint density at radius 3 is 2.62 bits per heavy atom. The Labute approximate surface area is 145 Å². The number of methoxy groups -OCH3 is 1. The summed E-state index contributed by atoms with van der Waals surface area (Å²) < 4.78 is 5.58. The van der Waals surface area contributed by atoms with Crippen LogP contribution >= 0.6 is 0 Å². The van der Waals surface area contributed by atoms with Gasteiger partial charge in [-0.05, 0) is 56.0 Å². The van der Waals surface area contributed by atoms with Gasteiger partial charge in [-0.2, -0.15) is 0 Å². The van der Waals surface area contributed by atoms with Crippen LogP contribution in [-0.2, 0) is 6.54 Å². The first-order chi connectivity index (χ1) is 11.7. The number of rotatable bonds is 5. The molecule has 3 heteroatoms. The summed E-state index contributed by atoms with van der Waals surface area (Å²) in [6.07, 6.45) is 2.41.